The van der Waals surface area contributed by atoms with Gasteiger partial charge in [-0.3, -0.25) is 4.79 Å². The van der Waals surface area contributed by atoms with E-state index >= 15 is 0 Å². The molecule has 1 aromatic carbocycles. The molecule has 8 heteroatoms. The summed E-state index contributed by atoms with van der Waals surface area (Å²) in [5.41, 5.74) is 3.85. The minimum absolute atomic E-state index is 0.185. The van der Waals surface area contributed by atoms with E-state index in [1.807, 2.05) is 0 Å². The molecule has 160 valence electrons. The van der Waals surface area contributed by atoms with Crippen LogP contribution >= 0.6 is 0 Å². The Bertz CT molecular complexity index is 1330. The van der Waals surface area contributed by atoms with Crippen LogP contribution in [0.2, 0.25) is 0 Å². The van der Waals surface area contributed by atoms with Gasteiger partial charge in [-0.1, -0.05) is 0 Å². The maximum atomic E-state index is 14.3. The summed E-state index contributed by atoms with van der Waals surface area (Å²) in [6, 6.07) is 4.74. The van der Waals surface area contributed by atoms with Crippen molar-refractivity contribution in [2.24, 2.45) is 0 Å². The van der Waals surface area contributed by atoms with E-state index < -0.39 is 18.2 Å². The van der Waals surface area contributed by atoms with Gasteiger partial charge in [-0.05, 0) is 49.9 Å². The molecule has 0 bridgehead atoms. The lowest BCUT2D eigenvalue weighted by Gasteiger charge is -2.21. The van der Waals surface area contributed by atoms with Crippen molar-refractivity contribution in [1.82, 2.24) is 9.55 Å². The maximum Gasteiger partial charge on any atom is 0.340 e. The van der Waals surface area contributed by atoms with Gasteiger partial charge >= 0.3 is 5.97 Å². The molecule has 2 aliphatic rings. The Morgan fingerprint density at radius 1 is 1.29 bits per heavy atom. The van der Waals surface area contributed by atoms with Crippen molar-refractivity contribution in [3.05, 3.63) is 62.2 Å². The predicted octanol–water partition coefficient (Wildman–Crippen LogP) is 2.28. The average molecular weight is 424 g/mol. The van der Waals surface area contributed by atoms with E-state index in [1.54, 1.807) is 30.5 Å². The molecule has 2 atom stereocenters. The highest BCUT2D eigenvalue weighted by Crippen LogP contribution is 2.38. The molecule has 0 unspecified atom stereocenters. The van der Waals surface area contributed by atoms with Crippen LogP contribution in [0.3, 0.4) is 0 Å². The summed E-state index contributed by atoms with van der Waals surface area (Å²) in [4.78, 5) is 29.6. The number of benzene rings is 1. The van der Waals surface area contributed by atoms with E-state index in [9.17, 15) is 24.2 Å². The number of aliphatic hydroxyl groups is 2. The third-order valence-electron chi connectivity index (χ3n) is 6.17. The number of aryl methyl sites for hydroxylation is 2. The van der Waals surface area contributed by atoms with E-state index in [0.717, 1.165) is 16.5 Å². The third-order valence-corrected chi connectivity index (χ3v) is 6.17. The number of ether oxygens (including phenoxy) is 1. The Labute approximate surface area is 176 Å². The van der Waals surface area contributed by atoms with Gasteiger partial charge in [0, 0.05) is 22.6 Å². The van der Waals surface area contributed by atoms with Gasteiger partial charge in [-0.2, -0.15) is 0 Å². The van der Waals surface area contributed by atoms with Gasteiger partial charge in [-0.25, -0.2) is 14.2 Å². The minimum atomic E-state index is -1.53. The van der Waals surface area contributed by atoms with Crippen molar-refractivity contribution in [1.29, 1.82) is 0 Å². The molecular formula is C23H21FN2O5. The number of carbonyl (C=O) groups excluding carboxylic acids is 1. The van der Waals surface area contributed by atoms with Crippen molar-refractivity contribution in [2.75, 3.05) is 0 Å². The van der Waals surface area contributed by atoms with Crippen LogP contribution in [-0.2, 0) is 29.1 Å². The highest BCUT2D eigenvalue weighted by atomic mass is 19.1. The largest absolute Gasteiger partial charge is 0.458 e. The molecule has 0 radical (unpaired) electrons. The van der Waals surface area contributed by atoms with Crippen molar-refractivity contribution in [3.8, 4) is 11.4 Å². The molecular weight excluding hydrogens is 403 g/mol. The smallest absolute Gasteiger partial charge is 0.340 e. The van der Waals surface area contributed by atoms with Crippen LogP contribution in [0.5, 0.6) is 0 Å². The number of fused-ring (bicyclic) bond motifs is 5. The molecule has 0 saturated carbocycles. The van der Waals surface area contributed by atoms with Crippen LogP contribution in [0.1, 0.15) is 47.3 Å². The van der Waals surface area contributed by atoms with Gasteiger partial charge in [0.25, 0.3) is 5.56 Å². The van der Waals surface area contributed by atoms with Gasteiger partial charge in [0.1, 0.15) is 12.4 Å². The fraction of sp³-hybridized carbons (Fsp3) is 0.348. The number of aliphatic hydroxyl groups excluding tert-OH is 2. The lowest BCUT2D eigenvalue weighted by molar-refractivity contribution is -0.157. The standard InChI is InChI=1S/C23H21FN2O5/c1-10-5-13-12(4-3-11(2)27)15-8-26-19(20(15)25-18(13)7-17(10)24)6-14-16(22(26)29)9-31-23(30)21(14)28/h5-7,11,21,27-28H,3-4,8-9H2,1-2H3/t11-,21-/m0/s1. The van der Waals surface area contributed by atoms with Gasteiger partial charge < -0.3 is 19.5 Å². The summed E-state index contributed by atoms with van der Waals surface area (Å²) < 4.78 is 20.8. The SMILES string of the molecule is Cc1cc2c(CC[C@H](C)O)c3c(nc2cc1F)-c1cc2c(c(=O)n1C3)COC(=O)[C@H]2O. The molecule has 2 aromatic heterocycles. The Kier molecular flexibility index (Phi) is 4.46. The zero-order valence-electron chi connectivity index (χ0n) is 17.1. The molecule has 7 nitrogen and oxygen atoms in total. The summed E-state index contributed by atoms with van der Waals surface area (Å²) in [5, 5.41) is 20.9. The minimum Gasteiger partial charge on any atom is -0.458 e. The van der Waals surface area contributed by atoms with E-state index in [4.69, 9.17) is 4.74 Å². The van der Waals surface area contributed by atoms with Crippen LogP contribution in [0.4, 0.5) is 4.39 Å². The lowest BCUT2D eigenvalue weighted by atomic mass is 9.94. The average Bonchev–Trinajstić information content (AvgIpc) is 3.08. The second-order valence-corrected chi connectivity index (χ2v) is 8.29. The Morgan fingerprint density at radius 3 is 2.81 bits per heavy atom. The van der Waals surface area contributed by atoms with Crippen molar-refractivity contribution >= 4 is 16.9 Å². The van der Waals surface area contributed by atoms with Gasteiger partial charge in [-0.15, -0.1) is 0 Å². The second kappa shape index (κ2) is 6.96. The molecule has 0 amide bonds. The number of esters is 1. The summed E-state index contributed by atoms with van der Waals surface area (Å²) in [7, 11) is 0. The molecule has 3 aromatic rings. The fourth-order valence-electron chi connectivity index (χ4n) is 4.48. The maximum absolute atomic E-state index is 14.3. The Hall–Kier alpha value is -3.10. The van der Waals surface area contributed by atoms with E-state index in [0.29, 0.717) is 35.3 Å². The Balaban J connectivity index is 1.78. The molecule has 0 fully saturated rings. The quantitative estimate of drug-likeness (QED) is 0.490. The molecule has 0 spiro atoms. The van der Waals surface area contributed by atoms with Gasteiger partial charge in [0.05, 0.1) is 35.1 Å². The molecule has 2 N–H and O–H groups in total. The number of hydrogen-bond donors (Lipinski definition) is 2. The van der Waals surface area contributed by atoms with Crippen molar-refractivity contribution in [2.45, 2.75) is 52.0 Å². The number of hydrogen-bond acceptors (Lipinski definition) is 6. The van der Waals surface area contributed by atoms with E-state index in [-0.39, 0.29) is 35.7 Å². The summed E-state index contributed by atoms with van der Waals surface area (Å²) in [6.07, 6.45) is -0.999. The zero-order chi connectivity index (χ0) is 22.0. The fourth-order valence-corrected chi connectivity index (χ4v) is 4.48. The van der Waals surface area contributed by atoms with Crippen LogP contribution < -0.4 is 5.56 Å². The zero-order valence-corrected chi connectivity index (χ0v) is 17.1. The molecule has 0 aliphatic carbocycles. The number of cyclic esters (lactones) is 1. The number of halogens is 1. The number of carbonyl (C=O) groups is 1. The lowest BCUT2D eigenvalue weighted by Crippen LogP contribution is -2.32. The highest BCUT2D eigenvalue weighted by molar-refractivity contribution is 5.89. The molecule has 4 heterocycles. The first-order chi connectivity index (χ1) is 14.8. The molecule has 31 heavy (non-hydrogen) atoms. The number of pyridine rings is 2. The number of rotatable bonds is 3. The summed E-state index contributed by atoms with van der Waals surface area (Å²) in [6.45, 7) is 3.48. The first-order valence-corrected chi connectivity index (χ1v) is 10.2. The normalized spacial score (nSPS) is 17.8. The first-order valence-electron chi connectivity index (χ1n) is 10.2. The summed E-state index contributed by atoms with van der Waals surface area (Å²) >= 11 is 0. The first kappa shape index (κ1) is 19.8. The van der Waals surface area contributed by atoms with Crippen LogP contribution in [-0.4, -0.2) is 31.8 Å². The van der Waals surface area contributed by atoms with Crippen molar-refractivity contribution < 1.29 is 24.1 Å². The molecule has 0 saturated heterocycles. The summed E-state index contributed by atoms with van der Waals surface area (Å²) in [5.74, 6) is -1.17. The van der Waals surface area contributed by atoms with Gasteiger partial charge in [0.2, 0.25) is 0 Å². The second-order valence-electron chi connectivity index (χ2n) is 8.29. The molecule has 2 aliphatic heterocycles. The highest BCUT2D eigenvalue weighted by Gasteiger charge is 2.34. The van der Waals surface area contributed by atoms with Crippen LogP contribution in [0, 0.1) is 12.7 Å². The van der Waals surface area contributed by atoms with Crippen LogP contribution in [0.25, 0.3) is 22.3 Å². The predicted molar refractivity (Wildman–Crippen MR) is 110 cm³/mol. The number of nitrogens with zero attached hydrogens (tertiary/aromatic N) is 2. The van der Waals surface area contributed by atoms with Gasteiger partial charge in [0.15, 0.2) is 6.10 Å². The van der Waals surface area contributed by atoms with Crippen molar-refractivity contribution in [3.63, 3.8) is 0 Å². The number of aromatic nitrogens is 2. The Morgan fingerprint density at radius 2 is 2.06 bits per heavy atom. The monoisotopic (exact) mass is 424 g/mol. The third kappa shape index (κ3) is 2.97. The topological polar surface area (TPSA) is 102 Å². The van der Waals surface area contributed by atoms with E-state index in [1.165, 1.54) is 6.07 Å². The van der Waals surface area contributed by atoms with Crippen LogP contribution in [0.15, 0.2) is 23.0 Å². The molecule has 5 rings (SSSR count). The van der Waals surface area contributed by atoms with E-state index in [2.05, 4.69) is 4.98 Å².